The fourth-order valence-electron chi connectivity index (χ4n) is 2.63. The third-order valence-electron chi connectivity index (χ3n) is 3.96. The summed E-state index contributed by atoms with van der Waals surface area (Å²) in [6.45, 7) is 0. The van der Waals surface area contributed by atoms with E-state index in [0.717, 1.165) is 35.6 Å². The van der Waals surface area contributed by atoms with Crippen LogP contribution in [-0.4, -0.2) is 26.6 Å². The standard InChI is InChI=1S/C15H18N2O2S/c1-17-13-5-3-2-4-11(13)12(16-17)9-20-10-15(6-7-15)8-14(18)19/h2-5H,6-10H2,1H3,(H,18,19). The minimum absolute atomic E-state index is 0.0566. The van der Waals surface area contributed by atoms with Crippen molar-refractivity contribution in [3.05, 3.63) is 30.0 Å². The third-order valence-corrected chi connectivity index (χ3v) is 5.26. The second-order valence-electron chi connectivity index (χ2n) is 5.65. The average Bonchev–Trinajstić information content (AvgIpc) is 3.08. The molecule has 0 amide bonds. The molecule has 0 aliphatic heterocycles. The average molecular weight is 290 g/mol. The van der Waals surface area contributed by atoms with E-state index in [-0.39, 0.29) is 5.41 Å². The Hall–Kier alpha value is -1.49. The summed E-state index contributed by atoms with van der Waals surface area (Å²) in [7, 11) is 1.96. The van der Waals surface area contributed by atoms with Gasteiger partial charge in [0, 0.05) is 18.2 Å². The Balaban J connectivity index is 1.65. The fourth-order valence-corrected chi connectivity index (χ4v) is 3.96. The highest BCUT2D eigenvalue weighted by atomic mass is 32.2. The van der Waals surface area contributed by atoms with Gasteiger partial charge in [0.25, 0.3) is 0 Å². The molecule has 1 N–H and O–H groups in total. The van der Waals surface area contributed by atoms with Crippen LogP contribution in [0.15, 0.2) is 24.3 Å². The second-order valence-corrected chi connectivity index (χ2v) is 6.64. The molecule has 20 heavy (non-hydrogen) atoms. The maximum Gasteiger partial charge on any atom is 0.303 e. The molecule has 1 aliphatic carbocycles. The summed E-state index contributed by atoms with van der Waals surface area (Å²) in [4.78, 5) is 10.8. The lowest BCUT2D eigenvalue weighted by Gasteiger charge is -2.10. The van der Waals surface area contributed by atoms with Gasteiger partial charge >= 0.3 is 5.97 Å². The molecule has 1 fully saturated rings. The van der Waals surface area contributed by atoms with Crippen molar-refractivity contribution in [2.75, 3.05) is 5.75 Å². The van der Waals surface area contributed by atoms with E-state index in [1.165, 1.54) is 5.39 Å². The topological polar surface area (TPSA) is 55.1 Å². The quantitative estimate of drug-likeness (QED) is 0.888. The van der Waals surface area contributed by atoms with Gasteiger partial charge in [-0.05, 0) is 30.1 Å². The molecule has 0 radical (unpaired) electrons. The van der Waals surface area contributed by atoms with Gasteiger partial charge in [0.1, 0.15) is 0 Å². The molecule has 1 aliphatic rings. The zero-order valence-electron chi connectivity index (χ0n) is 11.5. The van der Waals surface area contributed by atoms with E-state index in [9.17, 15) is 4.79 Å². The molecule has 4 nitrogen and oxygen atoms in total. The van der Waals surface area contributed by atoms with Crippen LogP contribution in [0, 0.1) is 5.41 Å². The largest absolute Gasteiger partial charge is 0.481 e. The normalized spacial score (nSPS) is 16.4. The van der Waals surface area contributed by atoms with Crippen LogP contribution in [0.2, 0.25) is 0 Å². The highest BCUT2D eigenvalue weighted by molar-refractivity contribution is 7.98. The van der Waals surface area contributed by atoms with Crippen LogP contribution in [0.25, 0.3) is 10.9 Å². The number of rotatable bonds is 6. The Morgan fingerprint density at radius 2 is 2.20 bits per heavy atom. The highest BCUT2D eigenvalue weighted by Crippen LogP contribution is 2.51. The first-order valence-electron chi connectivity index (χ1n) is 6.80. The van der Waals surface area contributed by atoms with Gasteiger partial charge in [-0.25, -0.2) is 0 Å². The summed E-state index contributed by atoms with van der Waals surface area (Å²) in [5, 5.41) is 14.7. The molecular weight excluding hydrogens is 272 g/mol. The van der Waals surface area contributed by atoms with Crippen molar-refractivity contribution < 1.29 is 9.90 Å². The van der Waals surface area contributed by atoms with Crippen molar-refractivity contribution in [2.24, 2.45) is 12.5 Å². The summed E-state index contributed by atoms with van der Waals surface area (Å²) in [5.74, 6) is 1.10. The number of aromatic nitrogens is 2. The van der Waals surface area contributed by atoms with Gasteiger partial charge in [-0.15, -0.1) is 0 Å². The van der Waals surface area contributed by atoms with Crippen molar-refractivity contribution >= 4 is 28.6 Å². The van der Waals surface area contributed by atoms with E-state index >= 15 is 0 Å². The Morgan fingerprint density at radius 3 is 2.90 bits per heavy atom. The number of carboxylic acids is 1. The number of hydrogen-bond donors (Lipinski definition) is 1. The Morgan fingerprint density at radius 1 is 1.45 bits per heavy atom. The summed E-state index contributed by atoms with van der Waals surface area (Å²) in [6, 6.07) is 8.23. The SMILES string of the molecule is Cn1nc(CSCC2(CC(=O)O)CC2)c2ccccc21. The van der Waals surface area contributed by atoms with Crippen molar-refractivity contribution in [2.45, 2.75) is 25.0 Å². The number of thioether (sulfide) groups is 1. The Kier molecular flexibility index (Phi) is 3.46. The monoisotopic (exact) mass is 290 g/mol. The van der Waals surface area contributed by atoms with Crippen LogP contribution in [0.3, 0.4) is 0 Å². The lowest BCUT2D eigenvalue weighted by molar-refractivity contribution is -0.138. The number of carboxylic acid groups (broad SMARTS) is 1. The first-order valence-corrected chi connectivity index (χ1v) is 7.95. The lowest BCUT2D eigenvalue weighted by Crippen LogP contribution is -2.11. The zero-order valence-corrected chi connectivity index (χ0v) is 12.3. The molecule has 0 spiro atoms. The minimum atomic E-state index is -0.675. The zero-order chi connectivity index (χ0) is 14.2. The predicted molar refractivity (Wildman–Crippen MR) is 80.8 cm³/mol. The number of aliphatic carboxylic acids is 1. The second kappa shape index (κ2) is 5.13. The number of nitrogens with zero attached hydrogens (tertiary/aromatic N) is 2. The smallest absolute Gasteiger partial charge is 0.303 e. The van der Waals surface area contributed by atoms with Crippen LogP contribution < -0.4 is 0 Å². The molecule has 1 heterocycles. The van der Waals surface area contributed by atoms with Crippen molar-refractivity contribution in [1.82, 2.24) is 9.78 Å². The molecule has 106 valence electrons. The van der Waals surface area contributed by atoms with Gasteiger partial charge in [-0.3, -0.25) is 9.48 Å². The van der Waals surface area contributed by atoms with Crippen LogP contribution in [0.1, 0.15) is 25.0 Å². The molecule has 2 aromatic rings. The fraction of sp³-hybridized carbons (Fsp3) is 0.467. The molecule has 5 heteroatoms. The number of para-hydroxylation sites is 1. The Labute approximate surface area is 122 Å². The summed E-state index contributed by atoms with van der Waals surface area (Å²) < 4.78 is 1.91. The Bertz CT molecular complexity index is 646. The number of carbonyl (C=O) groups is 1. The third kappa shape index (κ3) is 2.68. The molecular formula is C15H18N2O2S. The molecule has 1 saturated carbocycles. The van der Waals surface area contributed by atoms with Gasteiger partial charge < -0.3 is 5.11 Å². The van der Waals surface area contributed by atoms with Crippen LogP contribution in [0.5, 0.6) is 0 Å². The van der Waals surface area contributed by atoms with E-state index < -0.39 is 5.97 Å². The van der Waals surface area contributed by atoms with Gasteiger partial charge in [-0.2, -0.15) is 16.9 Å². The van der Waals surface area contributed by atoms with Crippen LogP contribution in [0.4, 0.5) is 0 Å². The molecule has 0 atom stereocenters. The molecule has 0 saturated heterocycles. The number of benzene rings is 1. The van der Waals surface area contributed by atoms with E-state index in [0.29, 0.717) is 6.42 Å². The van der Waals surface area contributed by atoms with Crippen molar-refractivity contribution in [3.63, 3.8) is 0 Å². The first-order chi connectivity index (χ1) is 9.60. The van der Waals surface area contributed by atoms with E-state index in [2.05, 4.69) is 17.2 Å². The van der Waals surface area contributed by atoms with Crippen LogP contribution in [-0.2, 0) is 17.6 Å². The predicted octanol–water partition coefficient (Wildman–Crippen LogP) is 3.06. The van der Waals surface area contributed by atoms with Crippen molar-refractivity contribution in [3.8, 4) is 0 Å². The molecule has 0 bridgehead atoms. The molecule has 0 unspecified atom stereocenters. The minimum Gasteiger partial charge on any atom is -0.481 e. The maximum atomic E-state index is 10.8. The number of aryl methyl sites for hydroxylation is 1. The molecule has 1 aromatic carbocycles. The molecule has 3 rings (SSSR count). The highest BCUT2D eigenvalue weighted by Gasteiger charge is 2.44. The number of hydrogen-bond acceptors (Lipinski definition) is 3. The first kappa shape index (κ1) is 13.5. The maximum absolute atomic E-state index is 10.8. The van der Waals surface area contributed by atoms with Crippen molar-refractivity contribution in [1.29, 1.82) is 0 Å². The van der Waals surface area contributed by atoms with Gasteiger partial charge in [-0.1, -0.05) is 18.2 Å². The summed E-state index contributed by atoms with van der Waals surface area (Å²) in [6.07, 6.45) is 2.41. The van der Waals surface area contributed by atoms with E-state index in [4.69, 9.17) is 5.11 Å². The lowest BCUT2D eigenvalue weighted by atomic mass is 10.1. The van der Waals surface area contributed by atoms with Crippen LogP contribution >= 0.6 is 11.8 Å². The summed E-state index contributed by atoms with van der Waals surface area (Å²) >= 11 is 1.81. The van der Waals surface area contributed by atoms with E-state index in [1.54, 1.807) is 11.8 Å². The van der Waals surface area contributed by atoms with E-state index in [1.807, 2.05) is 23.9 Å². The molecule has 1 aromatic heterocycles. The number of fused-ring (bicyclic) bond motifs is 1. The van der Waals surface area contributed by atoms with Gasteiger partial charge in [0.15, 0.2) is 0 Å². The van der Waals surface area contributed by atoms with Gasteiger partial charge in [0.05, 0.1) is 17.6 Å². The van der Waals surface area contributed by atoms with Gasteiger partial charge in [0.2, 0.25) is 0 Å². The summed E-state index contributed by atoms with van der Waals surface area (Å²) in [5.41, 5.74) is 2.30.